The molecule has 82 valence electrons. The molecular weight excluding hydrogens is 190 g/mol. The predicted molar refractivity (Wildman–Crippen MR) is 57.5 cm³/mol. The number of H-pyrrole nitrogens is 1. The zero-order valence-electron chi connectivity index (χ0n) is 9.05. The number of carbonyl (C=O) groups is 1. The van der Waals surface area contributed by atoms with Crippen LogP contribution in [0.1, 0.15) is 43.0 Å². The quantitative estimate of drug-likeness (QED) is 0.792. The number of nitrogens with one attached hydrogen (secondary N) is 2. The minimum atomic E-state index is -0.0307. The van der Waals surface area contributed by atoms with E-state index in [0.29, 0.717) is 11.0 Å². The molecule has 1 fully saturated rings. The highest BCUT2D eigenvalue weighted by atomic mass is 16.1. The largest absolute Gasteiger partial charge is 0.351 e. The molecule has 0 atom stereocenters. The van der Waals surface area contributed by atoms with Crippen molar-refractivity contribution in [3.63, 3.8) is 0 Å². The number of hydrogen-bond donors (Lipinski definition) is 2. The molecule has 0 aromatic carbocycles. The fourth-order valence-electron chi connectivity index (χ4n) is 2.18. The molecule has 1 aliphatic carbocycles. The van der Waals surface area contributed by atoms with E-state index in [1.807, 2.05) is 0 Å². The maximum Gasteiger partial charge on any atom is 0.254 e. The van der Waals surface area contributed by atoms with Crippen molar-refractivity contribution >= 4 is 5.91 Å². The summed E-state index contributed by atoms with van der Waals surface area (Å²) in [5.74, 6) is -0.0307. The Morgan fingerprint density at radius 3 is 2.93 bits per heavy atom. The van der Waals surface area contributed by atoms with Gasteiger partial charge >= 0.3 is 0 Å². The summed E-state index contributed by atoms with van der Waals surface area (Å²) in [6.07, 6.45) is 8.19. The highest BCUT2D eigenvalue weighted by molar-refractivity contribution is 5.93. The van der Waals surface area contributed by atoms with E-state index < -0.39 is 0 Å². The molecule has 0 radical (unpaired) electrons. The van der Waals surface area contributed by atoms with E-state index in [0.717, 1.165) is 6.54 Å². The molecule has 1 saturated carbocycles. The van der Waals surface area contributed by atoms with Gasteiger partial charge in [0.2, 0.25) is 0 Å². The number of aromatic amines is 1. The number of hydrogen-bond acceptors (Lipinski definition) is 2. The van der Waals surface area contributed by atoms with E-state index >= 15 is 0 Å². The lowest BCUT2D eigenvalue weighted by molar-refractivity contribution is 0.0934. The average Bonchev–Trinajstić information content (AvgIpc) is 2.85. The van der Waals surface area contributed by atoms with Crippen LogP contribution in [0.25, 0.3) is 0 Å². The van der Waals surface area contributed by atoms with Gasteiger partial charge in [0.25, 0.3) is 5.91 Å². The molecule has 0 saturated heterocycles. The highest BCUT2D eigenvalue weighted by Crippen LogP contribution is 2.36. The van der Waals surface area contributed by atoms with Crippen molar-refractivity contribution in [1.82, 2.24) is 15.5 Å². The van der Waals surface area contributed by atoms with Crippen molar-refractivity contribution in [3.8, 4) is 0 Å². The molecule has 1 heterocycles. The molecular formula is C11H17N3O. The first kappa shape index (κ1) is 10.2. The Bertz CT molecular complexity index is 326. The number of aromatic nitrogens is 2. The number of nitrogens with zero attached hydrogens (tertiary/aromatic N) is 1. The van der Waals surface area contributed by atoms with Crippen LogP contribution in [0.4, 0.5) is 0 Å². The van der Waals surface area contributed by atoms with Crippen LogP contribution in [0.3, 0.4) is 0 Å². The number of rotatable bonds is 3. The minimum absolute atomic E-state index is 0.0307. The molecule has 1 aromatic heterocycles. The van der Waals surface area contributed by atoms with Crippen LogP contribution in [0, 0.1) is 5.41 Å². The summed E-state index contributed by atoms with van der Waals surface area (Å²) in [7, 11) is 0. The van der Waals surface area contributed by atoms with Crippen LogP contribution in [0.2, 0.25) is 0 Å². The topological polar surface area (TPSA) is 57.8 Å². The smallest absolute Gasteiger partial charge is 0.254 e. The second kappa shape index (κ2) is 4.04. The SMILES string of the molecule is CC1(CNC(=O)c2cn[nH]c2)CCCC1. The maximum atomic E-state index is 11.6. The van der Waals surface area contributed by atoms with Crippen LogP contribution >= 0.6 is 0 Å². The third kappa shape index (κ3) is 2.37. The molecule has 0 aliphatic heterocycles. The van der Waals surface area contributed by atoms with E-state index in [1.165, 1.54) is 25.7 Å². The summed E-state index contributed by atoms with van der Waals surface area (Å²) < 4.78 is 0. The lowest BCUT2D eigenvalue weighted by Gasteiger charge is -2.23. The van der Waals surface area contributed by atoms with Crippen molar-refractivity contribution in [3.05, 3.63) is 18.0 Å². The van der Waals surface area contributed by atoms with E-state index in [2.05, 4.69) is 22.4 Å². The summed E-state index contributed by atoms with van der Waals surface area (Å²) in [4.78, 5) is 11.6. The first-order valence-electron chi connectivity index (χ1n) is 5.47. The van der Waals surface area contributed by atoms with Gasteiger partial charge in [0.05, 0.1) is 11.8 Å². The lowest BCUT2D eigenvalue weighted by atomic mass is 9.89. The Labute approximate surface area is 89.5 Å². The second-order valence-corrected chi connectivity index (χ2v) is 4.69. The van der Waals surface area contributed by atoms with Crippen molar-refractivity contribution < 1.29 is 4.79 Å². The first-order valence-corrected chi connectivity index (χ1v) is 5.47. The van der Waals surface area contributed by atoms with Gasteiger partial charge in [0.1, 0.15) is 0 Å². The molecule has 1 amide bonds. The van der Waals surface area contributed by atoms with Gasteiger partial charge in [-0.2, -0.15) is 5.10 Å². The van der Waals surface area contributed by atoms with Gasteiger partial charge in [-0.1, -0.05) is 19.8 Å². The molecule has 0 bridgehead atoms. The predicted octanol–water partition coefficient (Wildman–Crippen LogP) is 1.72. The summed E-state index contributed by atoms with van der Waals surface area (Å²) >= 11 is 0. The van der Waals surface area contributed by atoms with Gasteiger partial charge in [-0.15, -0.1) is 0 Å². The van der Waals surface area contributed by atoms with Gasteiger partial charge in [-0.25, -0.2) is 0 Å². The third-order valence-corrected chi connectivity index (χ3v) is 3.25. The summed E-state index contributed by atoms with van der Waals surface area (Å²) in [6.45, 7) is 3.02. The van der Waals surface area contributed by atoms with E-state index in [9.17, 15) is 4.79 Å². The molecule has 2 rings (SSSR count). The highest BCUT2D eigenvalue weighted by Gasteiger charge is 2.28. The van der Waals surface area contributed by atoms with Gasteiger partial charge < -0.3 is 5.32 Å². The molecule has 15 heavy (non-hydrogen) atoms. The standard InChI is InChI=1S/C11H17N3O/c1-11(4-2-3-5-11)8-12-10(15)9-6-13-14-7-9/h6-7H,2-5,8H2,1H3,(H,12,15)(H,13,14). The zero-order valence-corrected chi connectivity index (χ0v) is 9.05. The number of amides is 1. The first-order chi connectivity index (χ1) is 7.20. The molecule has 0 spiro atoms. The van der Waals surface area contributed by atoms with Crippen molar-refractivity contribution in [2.75, 3.05) is 6.54 Å². The van der Waals surface area contributed by atoms with Crippen LogP contribution in [-0.4, -0.2) is 22.6 Å². The van der Waals surface area contributed by atoms with Gasteiger partial charge in [-0.05, 0) is 18.3 Å². The van der Waals surface area contributed by atoms with Crippen molar-refractivity contribution in [2.45, 2.75) is 32.6 Å². The summed E-state index contributed by atoms with van der Waals surface area (Å²) in [5, 5.41) is 9.36. The molecule has 4 heteroatoms. The normalized spacial score (nSPS) is 19.0. The van der Waals surface area contributed by atoms with Crippen molar-refractivity contribution in [1.29, 1.82) is 0 Å². The van der Waals surface area contributed by atoms with Crippen molar-refractivity contribution in [2.24, 2.45) is 5.41 Å². The van der Waals surface area contributed by atoms with Crippen LogP contribution in [-0.2, 0) is 0 Å². The lowest BCUT2D eigenvalue weighted by Crippen LogP contribution is -2.33. The van der Waals surface area contributed by atoms with Crippen LogP contribution < -0.4 is 5.32 Å². The van der Waals surface area contributed by atoms with E-state index in [4.69, 9.17) is 0 Å². The fraction of sp³-hybridized carbons (Fsp3) is 0.636. The molecule has 1 aromatic rings. The Hall–Kier alpha value is -1.32. The minimum Gasteiger partial charge on any atom is -0.351 e. The monoisotopic (exact) mass is 207 g/mol. The second-order valence-electron chi connectivity index (χ2n) is 4.69. The summed E-state index contributed by atoms with van der Waals surface area (Å²) in [6, 6.07) is 0. The van der Waals surface area contributed by atoms with Gasteiger partial charge in [-0.3, -0.25) is 9.89 Å². The Balaban J connectivity index is 1.85. The fourth-order valence-corrected chi connectivity index (χ4v) is 2.18. The zero-order chi connectivity index (χ0) is 10.7. The molecule has 4 nitrogen and oxygen atoms in total. The average molecular weight is 207 g/mol. The maximum absolute atomic E-state index is 11.6. The van der Waals surface area contributed by atoms with Gasteiger partial charge in [0.15, 0.2) is 0 Å². The van der Waals surface area contributed by atoms with Crippen LogP contribution in [0.5, 0.6) is 0 Å². The van der Waals surface area contributed by atoms with Gasteiger partial charge in [0, 0.05) is 12.7 Å². The Morgan fingerprint density at radius 1 is 1.60 bits per heavy atom. The number of carbonyl (C=O) groups excluding carboxylic acids is 1. The van der Waals surface area contributed by atoms with Crippen LogP contribution in [0.15, 0.2) is 12.4 Å². The van der Waals surface area contributed by atoms with E-state index in [1.54, 1.807) is 12.4 Å². The molecule has 0 unspecified atom stereocenters. The Kier molecular flexibility index (Phi) is 2.75. The summed E-state index contributed by atoms with van der Waals surface area (Å²) in [5.41, 5.74) is 0.913. The Morgan fingerprint density at radius 2 is 2.33 bits per heavy atom. The molecule has 2 N–H and O–H groups in total. The molecule has 1 aliphatic rings. The van der Waals surface area contributed by atoms with E-state index in [-0.39, 0.29) is 5.91 Å². The third-order valence-electron chi connectivity index (χ3n) is 3.25.